The molecule has 0 heterocycles. The predicted molar refractivity (Wildman–Crippen MR) is 116 cm³/mol. The van der Waals surface area contributed by atoms with Crippen LogP contribution in [0, 0.1) is 0 Å². The molecule has 0 radical (unpaired) electrons. The highest BCUT2D eigenvalue weighted by molar-refractivity contribution is 5.88. The first-order chi connectivity index (χ1) is 13.9. The molecule has 0 fully saturated rings. The van der Waals surface area contributed by atoms with E-state index in [2.05, 4.69) is 20.9 Å². The van der Waals surface area contributed by atoms with Gasteiger partial charge in [-0.2, -0.15) is 0 Å². The van der Waals surface area contributed by atoms with E-state index in [9.17, 15) is 9.90 Å². The van der Waals surface area contributed by atoms with Crippen LogP contribution < -0.4 is 20.7 Å². The van der Waals surface area contributed by atoms with Gasteiger partial charge >= 0.3 is 0 Å². The summed E-state index contributed by atoms with van der Waals surface area (Å²) in [6.07, 6.45) is 0. The molecule has 0 saturated heterocycles. The van der Waals surface area contributed by atoms with Crippen LogP contribution in [-0.4, -0.2) is 43.2 Å². The molecule has 29 heavy (non-hydrogen) atoms. The average molecular weight is 399 g/mol. The Morgan fingerprint density at radius 1 is 1.14 bits per heavy atom. The minimum atomic E-state index is -1.05. The number of hydrogen-bond acceptors (Lipinski definition) is 4. The molecule has 156 valence electrons. The molecule has 0 aliphatic heterocycles. The summed E-state index contributed by atoms with van der Waals surface area (Å²) in [4.78, 5) is 15.6. The van der Waals surface area contributed by atoms with E-state index in [0.717, 1.165) is 5.56 Å². The summed E-state index contributed by atoms with van der Waals surface area (Å²) < 4.78 is 5.73. The molecular formula is C22H30N4O3. The molecule has 4 N–H and O–H groups in total. The second kappa shape index (κ2) is 11.1. The summed E-state index contributed by atoms with van der Waals surface area (Å²) in [7, 11) is 0. The first-order valence-electron chi connectivity index (χ1n) is 9.71. The molecule has 7 heteroatoms. The van der Waals surface area contributed by atoms with Crippen molar-refractivity contribution in [2.24, 2.45) is 4.99 Å². The first-order valence-corrected chi connectivity index (χ1v) is 9.71. The van der Waals surface area contributed by atoms with Gasteiger partial charge < -0.3 is 25.8 Å². The number of guanidine groups is 1. The summed E-state index contributed by atoms with van der Waals surface area (Å²) in [6.45, 7) is 7.09. The van der Waals surface area contributed by atoms with Crippen molar-refractivity contribution >= 4 is 17.6 Å². The second-order valence-corrected chi connectivity index (χ2v) is 6.82. The Balaban J connectivity index is 1.86. The lowest BCUT2D eigenvalue weighted by Gasteiger charge is -2.22. The average Bonchev–Trinajstić information content (AvgIpc) is 2.70. The Labute approximate surface area is 172 Å². The highest BCUT2D eigenvalue weighted by atomic mass is 16.5. The lowest BCUT2D eigenvalue weighted by atomic mass is 9.96. The van der Waals surface area contributed by atoms with E-state index in [-0.39, 0.29) is 12.5 Å². The summed E-state index contributed by atoms with van der Waals surface area (Å²) in [6, 6.07) is 16.7. The topological polar surface area (TPSA) is 95.0 Å². The largest absolute Gasteiger partial charge is 0.492 e. The van der Waals surface area contributed by atoms with Crippen molar-refractivity contribution in [2.75, 3.05) is 31.6 Å². The van der Waals surface area contributed by atoms with Gasteiger partial charge in [0.25, 0.3) is 0 Å². The molecule has 2 aromatic rings. The Bertz CT molecular complexity index is 807. The minimum absolute atomic E-state index is 0.123. The number of nitrogens with one attached hydrogen (secondary N) is 3. The quantitative estimate of drug-likeness (QED) is 0.296. The monoisotopic (exact) mass is 398 g/mol. The van der Waals surface area contributed by atoms with Crippen molar-refractivity contribution in [1.82, 2.24) is 10.6 Å². The van der Waals surface area contributed by atoms with Gasteiger partial charge in [0.05, 0.1) is 13.1 Å². The van der Waals surface area contributed by atoms with Gasteiger partial charge in [-0.1, -0.05) is 36.4 Å². The van der Waals surface area contributed by atoms with Crippen molar-refractivity contribution in [3.63, 3.8) is 0 Å². The van der Waals surface area contributed by atoms with E-state index < -0.39 is 5.60 Å². The first kappa shape index (κ1) is 22.2. The molecule has 1 atom stereocenters. The van der Waals surface area contributed by atoms with Crippen LogP contribution in [0.25, 0.3) is 0 Å². The molecule has 0 bridgehead atoms. The second-order valence-electron chi connectivity index (χ2n) is 6.82. The zero-order valence-corrected chi connectivity index (χ0v) is 17.2. The number of anilines is 1. The van der Waals surface area contributed by atoms with E-state index in [1.165, 1.54) is 6.92 Å². The van der Waals surface area contributed by atoms with Gasteiger partial charge in [-0.25, -0.2) is 4.99 Å². The highest BCUT2D eigenvalue weighted by Gasteiger charge is 2.22. The van der Waals surface area contributed by atoms with Crippen LogP contribution in [0.1, 0.15) is 26.3 Å². The van der Waals surface area contributed by atoms with Crippen molar-refractivity contribution < 1.29 is 14.6 Å². The fraction of sp³-hybridized carbons (Fsp3) is 0.364. The Hall–Kier alpha value is -3.06. The standard InChI is InChI=1S/C22H30N4O3/c1-4-23-21(25-16-22(3,28)18-9-6-5-7-10-18)24-13-14-29-20-12-8-11-19(15-20)26-17(2)27/h5-12,15,28H,4,13-14,16H2,1-3H3,(H,26,27)(H2,23,24,25). The molecule has 0 saturated carbocycles. The van der Waals surface area contributed by atoms with Gasteiger partial charge in [-0.15, -0.1) is 0 Å². The maximum Gasteiger partial charge on any atom is 0.221 e. The van der Waals surface area contributed by atoms with Crippen LogP contribution in [0.3, 0.4) is 0 Å². The summed E-state index contributed by atoms with van der Waals surface area (Å²) in [5.41, 5.74) is 0.465. The molecule has 7 nitrogen and oxygen atoms in total. The van der Waals surface area contributed by atoms with Gasteiger partial charge in [0.15, 0.2) is 5.96 Å². The number of aliphatic imine (C=N–C) groups is 1. The van der Waals surface area contributed by atoms with Gasteiger partial charge in [0.2, 0.25) is 5.91 Å². The Morgan fingerprint density at radius 3 is 2.59 bits per heavy atom. The van der Waals surface area contributed by atoms with E-state index in [0.29, 0.717) is 37.1 Å². The highest BCUT2D eigenvalue weighted by Crippen LogP contribution is 2.20. The van der Waals surface area contributed by atoms with Gasteiger partial charge in [0, 0.05) is 25.2 Å². The van der Waals surface area contributed by atoms with Crippen LogP contribution in [0.5, 0.6) is 5.75 Å². The fourth-order valence-electron chi connectivity index (χ4n) is 2.67. The van der Waals surface area contributed by atoms with Crippen LogP contribution in [-0.2, 0) is 10.4 Å². The Kier molecular flexibility index (Phi) is 8.48. The lowest BCUT2D eigenvalue weighted by molar-refractivity contribution is -0.114. The van der Waals surface area contributed by atoms with E-state index >= 15 is 0 Å². The van der Waals surface area contributed by atoms with Crippen LogP contribution in [0.4, 0.5) is 5.69 Å². The summed E-state index contributed by atoms with van der Waals surface area (Å²) >= 11 is 0. The third-order valence-electron chi connectivity index (χ3n) is 4.10. The number of carbonyl (C=O) groups is 1. The molecular weight excluding hydrogens is 368 g/mol. The molecule has 0 aromatic heterocycles. The number of benzene rings is 2. The Morgan fingerprint density at radius 2 is 1.90 bits per heavy atom. The number of nitrogens with zero attached hydrogens (tertiary/aromatic N) is 1. The van der Waals surface area contributed by atoms with Crippen molar-refractivity contribution in [3.05, 3.63) is 60.2 Å². The van der Waals surface area contributed by atoms with Crippen LogP contribution in [0.2, 0.25) is 0 Å². The number of amides is 1. The van der Waals surface area contributed by atoms with Gasteiger partial charge in [0.1, 0.15) is 18.0 Å². The maximum atomic E-state index is 11.1. The fourth-order valence-corrected chi connectivity index (χ4v) is 2.67. The zero-order chi connectivity index (χ0) is 21.1. The maximum absolute atomic E-state index is 11.1. The SMILES string of the molecule is CCNC(=NCC(C)(O)c1ccccc1)NCCOc1cccc(NC(C)=O)c1. The molecule has 0 spiro atoms. The lowest BCUT2D eigenvalue weighted by Crippen LogP contribution is -2.40. The molecule has 2 aromatic carbocycles. The number of carbonyl (C=O) groups excluding carboxylic acids is 1. The van der Waals surface area contributed by atoms with E-state index in [1.54, 1.807) is 19.1 Å². The van der Waals surface area contributed by atoms with Crippen molar-refractivity contribution in [3.8, 4) is 5.75 Å². The van der Waals surface area contributed by atoms with Gasteiger partial charge in [-0.05, 0) is 31.5 Å². The van der Waals surface area contributed by atoms with Crippen molar-refractivity contribution in [2.45, 2.75) is 26.4 Å². The molecule has 0 aliphatic rings. The molecule has 1 unspecified atom stereocenters. The van der Waals surface area contributed by atoms with E-state index in [1.807, 2.05) is 49.4 Å². The third kappa shape index (κ3) is 7.83. The van der Waals surface area contributed by atoms with Crippen LogP contribution in [0.15, 0.2) is 59.6 Å². The summed E-state index contributed by atoms with van der Waals surface area (Å²) in [5, 5.41) is 19.8. The van der Waals surface area contributed by atoms with E-state index in [4.69, 9.17) is 4.74 Å². The van der Waals surface area contributed by atoms with Crippen LogP contribution >= 0.6 is 0 Å². The number of ether oxygens (including phenoxy) is 1. The summed E-state index contributed by atoms with van der Waals surface area (Å²) in [5.74, 6) is 1.16. The molecule has 0 aliphatic carbocycles. The molecule has 2 rings (SSSR count). The number of rotatable bonds is 9. The predicted octanol–water partition coefficient (Wildman–Crippen LogP) is 2.49. The molecule has 1 amide bonds. The smallest absolute Gasteiger partial charge is 0.221 e. The normalized spacial score (nSPS) is 13.3. The number of aliphatic hydroxyl groups is 1. The van der Waals surface area contributed by atoms with Gasteiger partial charge in [-0.3, -0.25) is 4.79 Å². The van der Waals surface area contributed by atoms with Crippen molar-refractivity contribution in [1.29, 1.82) is 0 Å². The third-order valence-corrected chi connectivity index (χ3v) is 4.10. The minimum Gasteiger partial charge on any atom is -0.492 e. The zero-order valence-electron chi connectivity index (χ0n) is 17.2. The number of hydrogen-bond donors (Lipinski definition) is 4.